The van der Waals surface area contributed by atoms with E-state index in [-0.39, 0.29) is 0 Å². The largest absolute Gasteiger partial charge is 0.506 e. The van der Waals surface area contributed by atoms with E-state index in [0.717, 1.165) is 17.7 Å². The van der Waals surface area contributed by atoms with Crippen molar-refractivity contribution in [1.82, 2.24) is 4.57 Å². The molecular formula is C19H13F3N2O3. The number of nitrogens with zero attached hydrogens (tertiary/aromatic N) is 1. The Labute approximate surface area is 150 Å². The molecule has 2 heterocycles. The smallest absolute Gasteiger partial charge is 0.418 e. The number of amides is 1. The summed E-state index contributed by atoms with van der Waals surface area (Å²) in [5.74, 6) is -1.62. The van der Waals surface area contributed by atoms with Crippen LogP contribution in [0.3, 0.4) is 0 Å². The van der Waals surface area contributed by atoms with Crippen molar-refractivity contribution in [3.8, 4) is 5.75 Å². The molecular weight excluding hydrogens is 361 g/mol. The second kappa shape index (κ2) is 5.87. The third-order valence-corrected chi connectivity index (χ3v) is 4.65. The fraction of sp³-hybridized carbons (Fsp3) is 0.158. The normalized spacial score (nSPS) is 13.1. The molecule has 1 aromatic heterocycles. The lowest BCUT2D eigenvalue weighted by atomic mass is 10.1. The average molecular weight is 374 g/mol. The molecule has 3 aromatic rings. The number of nitrogens with one attached hydrogen (secondary N) is 1. The Bertz CT molecular complexity index is 1150. The van der Waals surface area contributed by atoms with Crippen LogP contribution in [0.25, 0.3) is 10.9 Å². The molecule has 5 nitrogen and oxygen atoms in total. The van der Waals surface area contributed by atoms with E-state index in [1.54, 1.807) is 12.1 Å². The summed E-state index contributed by atoms with van der Waals surface area (Å²) in [5, 5.41) is 12.9. The van der Waals surface area contributed by atoms with Gasteiger partial charge in [0, 0.05) is 11.9 Å². The van der Waals surface area contributed by atoms with E-state index in [2.05, 4.69) is 5.32 Å². The molecule has 1 aliphatic heterocycles. The Kier molecular flexibility index (Phi) is 3.73. The van der Waals surface area contributed by atoms with Crippen LogP contribution in [0.4, 0.5) is 18.9 Å². The number of rotatable bonds is 2. The van der Waals surface area contributed by atoms with E-state index in [0.29, 0.717) is 23.9 Å². The van der Waals surface area contributed by atoms with Gasteiger partial charge in [-0.05, 0) is 30.2 Å². The van der Waals surface area contributed by atoms with Gasteiger partial charge in [-0.2, -0.15) is 13.2 Å². The first kappa shape index (κ1) is 17.1. The first-order valence-electron chi connectivity index (χ1n) is 8.14. The van der Waals surface area contributed by atoms with E-state index >= 15 is 0 Å². The molecule has 0 fully saturated rings. The molecule has 0 bridgehead atoms. The minimum Gasteiger partial charge on any atom is -0.506 e. The van der Waals surface area contributed by atoms with E-state index in [1.165, 1.54) is 16.7 Å². The number of pyridine rings is 1. The Balaban J connectivity index is 1.84. The molecule has 0 atom stereocenters. The van der Waals surface area contributed by atoms with E-state index in [1.807, 2.05) is 6.07 Å². The Hall–Kier alpha value is -3.29. The predicted octanol–water partition coefficient (Wildman–Crippen LogP) is 3.53. The predicted molar refractivity (Wildman–Crippen MR) is 93.0 cm³/mol. The molecule has 1 amide bonds. The molecule has 0 aliphatic carbocycles. The van der Waals surface area contributed by atoms with Crippen molar-refractivity contribution >= 4 is 22.5 Å². The van der Waals surface area contributed by atoms with Crippen LogP contribution >= 0.6 is 0 Å². The van der Waals surface area contributed by atoms with Gasteiger partial charge < -0.3 is 15.0 Å². The van der Waals surface area contributed by atoms with Gasteiger partial charge in [-0.1, -0.05) is 24.3 Å². The summed E-state index contributed by atoms with van der Waals surface area (Å²) < 4.78 is 40.8. The lowest BCUT2D eigenvalue weighted by Gasteiger charge is -2.15. The van der Waals surface area contributed by atoms with Gasteiger partial charge in [-0.3, -0.25) is 9.59 Å². The maximum absolute atomic E-state index is 13.1. The number of aromatic hydroxyl groups is 1. The van der Waals surface area contributed by atoms with Crippen LogP contribution in [0.15, 0.2) is 47.3 Å². The molecule has 0 unspecified atom stereocenters. The van der Waals surface area contributed by atoms with Crippen LogP contribution in [-0.2, 0) is 19.1 Å². The molecule has 0 radical (unpaired) electrons. The van der Waals surface area contributed by atoms with Crippen LogP contribution in [0.5, 0.6) is 5.75 Å². The van der Waals surface area contributed by atoms with Gasteiger partial charge in [0.1, 0.15) is 11.3 Å². The standard InChI is InChI=1S/C19H13F3N2O3/c20-19(21,22)12-6-1-2-7-13(12)23-17(26)14-16(25)11-5-3-4-10-8-9-24(15(10)11)18(14)27/h1-7,25H,8-9H2,(H,23,26). The highest BCUT2D eigenvalue weighted by molar-refractivity contribution is 6.09. The zero-order chi connectivity index (χ0) is 19.3. The van der Waals surface area contributed by atoms with E-state index < -0.39 is 40.2 Å². The van der Waals surface area contributed by atoms with Gasteiger partial charge in [0.2, 0.25) is 0 Å². The topological polar surface area (TPSA) is 71.3 Å². The van der Waals surface area contributed by atoms with Gasteiger partial charge in [0.15, 0.2) is 0 Å². The summed E-state index contributed by atoms with van der Waals surface area (Å²) in [5.41, 5.74) is -1.40. The summed E-state index contributed by atoms with van der Waals surface area (Å²) in [6, 6.07) is 9.53. The highest BCUT2D eigenvalue weighted by Crippen LogP contribution is 2.36. The van der Waals surface area contributed by atoms with Crippen molar-refractivity contribution in [3.05, 3.63) is 69.5 Å². The van der Waals surface area contributed by atoms with Crippen LogP contribution in [-0.4, -0.2) is 15.6 Å². The van der Waals surface area contributed by atoms with Crippen molar-refractivity contribution in [2.75, 3.05) is 5.32 Å². The van der Waals surface area contributed by atoms with Crippen LogP contribution in [0.2, 0.25) is 0 Å². The molecule has 2 N–H and O–H groups in total. The number of alkyl halides is 3. The Morgan fingerprint density at radius 1 is 1.11 bits per heavy atom. The highest BCUT2D eigenvalue weighted by atomic mass is 19.4. The minimum atomic E-state index is -4.67. The molecule has 8 heteroatoms. The number of halogens is 3. The van der Waals surface area contributed by atoms with Gasteiger partial charge in [0.25, 0.3) is 11.5 Å². The van der Waals surface area contributed by atoms with Gasteiger partial charge in [0.05, 0.1) is 16.8 Å². The van der Waals surface area contributed by atoms with Crippen molar-refractivity contribution in [2.24, 2.45) is 0 Å². The first-order valence-corrected chi connectivity index (χ1v) is 8.14. The number of benzene rings is 2. The van der Waals surface area contributed by atoms with Crippen molar-refractivity contribution in [1.29, 1.82) is 0 Å². The second-order valence-electron chi connectivity index (χ2n) is 6.24. The number of carbonyl (C=O) groups excluding carboxylic acids is 1. The molecule has 0 spiro atoms. The van der Waals surface area contributed by atoms with Crippen molar-refractivity contribution < 1.29 is 23.1 Å². The number of hydrogen-bond acceptors (Lipinski definition) is 3. The fourth-order valence-corrected chi connectivity index (χ4v) is 3.45. The quantitative estimate of drug-likeness (QED) is 0.721. The zero-order valence-corrected chi connectivity index (χ0v) is 13.8. The monoisotopic (exact) mass is 374 g/mol. The Morgan fingerprint density at radius 3 is 2.59 bits per heavy atom. The third kappa shape index (κ3) is 2.64. The van der Waals surface area contributed by atoms with Crippen LogP contribution in [0, 0.1) is 0 Å². The number of hydrogen-bond donors (Lipinski definition) is 2. The molecule has 4 rings (SSSR count). The van der Waals surface area contributed by atoms with Crippen molar-refractivity contribution in [3.63, 3.8) is 0 Å². The molecule has 2 aromatic carbocycles. The number of para-hydroxylation sites is 2. The van der Waals surface area contributed by atoms with Gasteiger partial charge in [-0.25, -0.2) is 0 Å². The van der Waals surface area contributed by atoms with Gasteiger partial charge >= 0.3 is 6.18 Å². The second-order valence-corrected chi connectivity index (χ2v) is 6.24. The molecule has 138 valence electrons. The number of anilines is 1. The number of aromatic nitrogens is 1. The maximum atomic E-state index is 13.1. The molecule has 1 aliphatic rings. The minimum absolute atomic E-state index is 0.318. The number of aryl methyl sites for hydroxylation is 2. The van der Waals surface area contributed by atoms with Crippen LogP contribution < -0.4 is 10.9 Å². The van der Waals surface area contributed by atoms with E-state index in [9.17, 15) is 27.9 Å². The highest BCUT2D eigenvalue weighted by Gasteiger charge is 2.34. The summed E-state index contributed by atoms with van der Waals surface area (Å²) >= 11 is 0. The maximum Gasteiger partial charge on any atom is 0.418 e. The molecule has 0 saturated carbocycles. The third-order valence-electron chi connectivity index (χ3n) is 4.65. The summed E-state index contributed by atoms with van der Waals surface area (Å²) in [6.45, 7) is 0.342. The SMILES string of the molecule is O=C(Nc1ccccc1C(F)(F)F)c1c(O)c2cccc3c2n(c1=O)CC3. The van der Waals surface area contributed by atoms with Crippen molar-refractivity contribution in [2.45, 2.75) is 19.1 Å². The van der Waals surface area contributed by atoms with E-state index in [4.69, 9.17) is 0 Å². The zero-order valence-electron chi connectivity index (χ0n) is 13.8. The number of carbonyl (C=O) groups is 1. The first-order chi connectivity index (χ1) is 12.8. The van der Waals surface area contributed by atoms with Crippen LogP contribution in [0.1, 0.15) is 21.5 Å². The fourth-order valence-electron chi connectivity index (χ4n) is 3.45. The lowest BCUT2D eigenvalue weighted by molar-refractivity contribution is -0.136. The molecule has 27 heavy (non-hydrogen) atoms. The van der Waals surface area contributed by atoms with Gasteiger partial charge in [-0.15, -0.1) is 0 Å². The summed E-state index contributed by atoms with van der Waals surface area (Å²) in [7, 11) is 0. The molecule has 0 saturated heterocycles. The summed E-state index contributed by atoms with van der Waals surface area (Å²) in [6.07, 6.45) is -4.10. The summed E-state index contributed by atoms with van der Waals surface area (Å²) in [4.78, 5) is 25.3. The average Bonchev–Trinajstić information content (AvgIpc) is 3.04. The lowest BCUT2D eigenvalue weighted by Crippen LogP contribution is -2.29. The Morgan fingerprint density at radius 2 is 1.85 bits per heavy atom.